The highest BCUT2D eigenvalue weighted by atomic mass is 16.5. The fourth-order valence-electron chi connectivity index (χ4n) is 3.29. The minimum atomic E-state index is 0.256. The molecule has 0 aromatic heterocycles. The molecular formula is C23H32N4O. The van der Waals surface area contributed by atoms with Crippen LogP contribution in [0.2, 0.25) is 0 Å². The maximum absolute atomic E-state index is 5.95. The molecule has 2 aromatic carbocycles. The van der Waals surface area contributed by atoms with Crippen LogP contribution in [0, 0.1) is 0 Å². The summed E-state index contributed by atoms with van der Waals surface area (Å²) in [5.41, 5.74) is 2.80. The lowest BCUT2D eigenvalue weighted by Gasteiger charge is -2.20. The van der Waals surface area contributed by atoms with Crippen LogP contribution < -0.4 is 15.4 Å². The van der Waals surface area contributed by atoms with E-state index in [1.807, 2.05) is 25.2 Å². The van der Waals surface area contributed by atoms with Gasteiger partial charge in [0, 0.05) is 37.7 Å². The second-order valence-electron chi connectivity index (χ2n) is 7.69. The lowest BCUT2D eigenvalue weighted by atomic mass is 9.96. The third-order valence-corrected chi connectivity index (χ3v) is 5.27. The first kappa shape index (κ1) is 20.2. The van der Waals surface area contributed by atoms with Crippen LogP contribution in [0.15, 0.2) is 59.6 Å². The van der Waals surface area contributed by atoms with Gasteiger partial charge in [-0.2, -0.15) is 0 Å². The third kappa shape index (κ3) is 5.49. The molecule has 5 heteroatoms. The minimum Gasteiger partial charge on any atom is -0.492 e. The molecule has 1 fully saturated rings. The van der Waals surface area contributed by atoms with Gasteiger partial charge in [0.05, 0.1) is 0 Å². The van der Waals surface area contributed by atoms with Gasteiger partial charge in [-0.15, -0.1) is 0 Å². The number of likely N-dealkylation sites (N-methyl/N-ethyl adjacent to an activating group) is 1. The average Bonchev–Trinajstić information content (AvgIpc) is 3.51. The number of hydrogen-bond donors (Lipinski definition) is 2. The molecule has 0 radical (unpaired) electrons. The van der Waals surface area contributed by atoms with Gasteiger partial charge in [-0.1, -0.05) is 48.5 Å². The van der Waals surface area contributed by atoms with Crippen molar-refractivity contribution in [3.8, 4) is 5.75 Å². The van der Waals surface area contributed by atoms with Crippen molar-refractivity contribution in [3.05, 3.63) is 65.7 Å². The smallest absolute Gasteiger partial charge is 0.191 e. The second-order valence-corrected chi connectivity index (χ2v) is 7.69. The van der Waals surface area contributed by atoms with E-state index in [9.17, 15) is 0 Å². The number of guanidine groups is 1. The van der Waals surface area contributed by atoms with Crippen molar-refractivity contribution in [1.29, 1.82) is 0 Å². The number of nitrogens with zero attached hydrogens (tertiary/aromatic N) is 2. The zero-order valence-corrected chi connectivity index (χ0v) is 17.2. The van der Waals surface area contributed by atoms with E-state index in [1.54, 1.807) is 0 Å². The van der Waals surface area contributed by atoms with Crippen LogP contribution in [-0.4, -0.2) is 51.7 Å². The Balaban J connectivity index is 1.52. The standard InChI is InChI=1S/C23H32N4O/c1-24-22(26-18-23(13-14-23)20-10-5-4-6-11-20)25-17-19-9-7-8-12-21(19)28-16-15-27(2)3/h4-12H,13-18H2,1-3H3,(H2,24,25,26). The zero-order chi connectivity index (χ0) is 19.8. The minimum absolute atomic E-state index is 0.256. The van der Waals surface area contributed by atoms with Gasteiger partial charge in [-0.3, -0.25) is 4.99 Å². The second kappa shape index (κ2) is 9.60. The molecule has 1 saturated carbocycles. The van der Waals surface area contributed by atoms with Gasteiger partial charge < -0.3 is 20.3 Å². The van der Waals surface area contributed by atoms with Gasteiger partial charge in [-0.05, 0) is 38.6 Å². The highest BCUT2D eigenvalue weighted by Gasteiger charge is 2.43. The van der Waals surface area contributed by atoms with Crippen molar-refractivity contribution in [1.82, 2.24) is 15.5 Å². The van der Waals surface area contributed by atoms with Crippen molar-refractivity contribution in [2.45, 2.75) is 24.8 Å². The van der Waals surface area contributed by atoms with Crippen molar-refractivity contribution in [2.24, 2.45) is 4.99 Å². The molecule has 2 N–H and O–H groups in total. The fraction of sp³-hybridized carbons (Fsp3) is 0.435. The number of ether oxygens (including phenoxy) is 1. The van der Waals surface area contributed by atoms with E-state index in [0.717, 1.165) is 30.4 Å². The van der Waals surface area contributed by atoms with Crippen LogP contribution in [0.3, 0.4) is 0 Å². The van der Waals surface area contributed by atoms with E-state index in [1.165, 1.54) is 18.4 Å². The molecule has 1 aliphatic rings. The summed E-state index contributed by atoms with van der Waals surface area (Å²) in [5, 5.41) is 6.94. The van der Waals surface area contributed by atoms with E-state index < -0.39 is 0 Å². The van der Waals surface area contributed by atoms with E-state index in [4.69, 9.17) is 4.74 Å². The van der Waals surface area contributed by atoms with Crippen LogP contribution in [0.1, 0.15) is 24.0 Å². The Morgan fingerprint density at radius 3 is 2.43 bits per heavy atom. The van der Waals surface area contributed by atoms with E-state index in [-0.39, 0.29) is 5.41 Å². The van der Waals surface area contributed by atoms with Crippen LogP contribution >= 0.6 is 0 Å². The molecule has 0 saturated heterocycles. The summed E-state index contributed by atoms with van der Waals surface area (Å²) in [4.78, 5) is 6.51. The first-order valence-corrected chi connectivity index (χ1v) is 9.98. The summed E-state index contributed by atoms with van der Waals surface area (Å²) in [5.74, 6) is 1.75. The number of hydrogen-bond acceptors (Lipinski definition) is 3. The summed E-state index contributed by atoms with van der Waals surface area (Å²) in [7, 11) is 5.92. The largest absolute Gasteiger partial charge is 0.492 e. The van der Waals surface area contributed by atoms with Crippen LogP contribution in [0.5, 0.6) is 5.75 Å². The Morgan fingerprint density at radius 2 is 1.75 bits per heavy atom. The zero-order valence-electron chi connectivity index (χ0n) is 17.2. The van der Waals surface area contributed by atoms with Gasteiger partial charge in [-0.25, -0.2) is 0 Å². The predicted octanol–water partition coefficient (Wildman–Crippen LogP) is 3.02. The Kier molecular flexibility index (Phi) is 6.93. The molecule has 0 aliphatic heterocycles. The summed E-state index contributed by atoms with van der Waals surface area (Å²) in [6.45, 7) is 3.15. The Hall–Kier alpha value is -2.53. The van der Waals surface area contributed by atoms with Crippen molar-refractivity contribution >= 4 is 5.96 Å². The average molecular weight is 381 g/mol. The lowest BCUT2D eigenvalue weighted by Crippen LogP contribution is -2.41. The Morgan fingerprint density at radius 1 is 1.04 bits per heavy atom. The van der Waals surface area contributed by atoms with Crippen molar-refractivity contribution in [3.63, 3.8) is 0 Å². The highest BCUT2D eigenvalue weighted by Crippen LogP contribution is 2.47. The molecule has 5 nitrogen and oxygen atoms in total. The monoisotopic (exact) mass is 380 g/mol. The normalized spacial score (nSPS) is 15.4. The van der Waals surface area contributed by atoms with Crippen LogP contribution in [0.25, 0.3) is 0 Å². The fourth-order valence-corrected chi connectivity index (χ4v) is 3.29. The van der Waals surface area contributed by atoms with Crippen LogP contribution in [-0.2, 0) is 12.0 Å². The maximum Gasteiger partial charge on any atom is 0.191 e. The molecule has 0 amide bonds. The van der Waals surface area contributed by atoms with E-state index in [0.29, 0.717) is 13.2 Å². The molecule has 0 spiro atoms. The number of nitrogens with one attached hydrogen (secondary N) is 2. The SMILES string of the molecule is CN=C(NCc1ccccc1OCCN(C)C)NCC1(c2ccccc2)CC1. The highest BCUT2D eigenvalue weighted by molar-refractivity contribution is 5.79. The topological polar surface area (TPSA) is 48.9 Å². The molecule has 0 bridgehead atoms. The third-order valence-electron chi connectivity index (χ3n) is 5.27. The molecule has 0 atom stereocenters. The van der Waals surface area contributed by atoms with Gasteiger partial charge in [0.2, 0.25) is 0 Å². The summed E-state index contributed by atoms with van der Waals surface area (Å²) in [6, 6.07) is 18.9. The number of aliphatic imine (C=N–C) groups is 1. The summed E-state index contributed by atoms with van der Waals surface area (Å²) >= 11 is 0. The molecule has 1 aliphatic carbocycles. The van der Waals surface area contributed by atoms with Crippen molar-refractivity contribution in [2.75, 3.05) is 40.8 Å². The first-order valence-electron chi connectivity index (χ1n) is 9.98. The van der Waals surface area contributed by atoms with Crippen LogP contribution in [0.4, 0.5) is 0 Å². The summed E-state index contributed by atoms with van der Waals surface area (Å²) in [6.07, 6.45) is 2.45. The predicted molar refractivity (Wildman–Crippen MR) is 116 cm³/mol. The van der Waals surface area contributed by atoms with E-state index >= 15 is 0 Å². The van der Waals surface area contributed by atoms with Crippen molar-refractivity contribution < 1.29 is 4.74 Å². The molecule has 2 aromatic rings. The summed E-state index contributed by atoms with van der Waals surface area (Å²) < 4.78 is 5.95. The molecular weight excluding hydrogens is 348 g/mol. The molecule has 0 heterocycles. The van der Waals surface area contributed by atoms with Gasteiger partial charge in [0.15, 0.2) is 5.96 Å². The molecule has 150 valence electrons. The number of benzene rings is 2. The molecule has 3 rings (SSSR count). The van der Waals surface area contributed by atoms with E-state index in [2.05, 4.69) is 71.0 Å². The Bertz CT molecular complexity index is 769. The number of para-hydroxylation sites is 1. The Labute approximate surface area is 168 Å². The van der Waals surface area contributed by atoms with Gasteiger partial charge in [0.25, 0.3) is 0 Å². The first-order chi connectivity index (χ1) is 13.6. The lowest BCUT2D eigenvalue weighted by molar-refractivity contribution is 0.259. The van der Waals surface area contributed by atoms with Gasteiger partial charge in [0.1, 0.15) is 12.4 Å². The quantitative estimate of drug-likeness (QED) is 0.519. The van der Waals surface area contributed by atoms with Gasteiger partial charge >= 0.3 is 0 Å². The number of rotatable bonds is 9. The maximum atomic E-state index is 5.95. The molecule has 0 unspecified atom stereocenters. The molecule has 28 heavy (non-hydrogen) atoms.